The zero-order valence-electron chi connectivity index (χ0n) is 18.5. The molecule has 176 valence electrons. The smallest absolute Gasteiger partial charge is 0.306 e. The second-order valence-electron chi connectivity index (χ2n) is 7.85. The Hall–Kier alpha value is -2.57. The van der Waals surface area contributed by atoms with E-state index in [1.54, 1.807) is 13.0 Å². The van der Waals surface area contributed by atoms with Crippen molar-refractivity contribution in [2.75, 3.05) is 19.8 Å². The topological polar surface area (TPSA) is 72.9 Å². The third-order valence-electron chi connectivity index (χ3n) is 5.56. The number of rotatable bonds is 11. The van der Waals surface area contributed by atoms with Crippen LogP contribution in [0, 0.1) is 0 Å². The number of esters is 1. The van der Waals surface area contributed by atoms with Gasteiger partial charge in [0.15, 0.2) is 0 Å². The highest BCUT2D eigenvalue weighted by atomic mass is 35.5. The second-order valence-corrected chi connectivity index (χ2v) is 8.69. The van der Waals surface area contributed by atoms with Crippen molar-refractivity contribution in [2.24, 2.45) is 0 Å². The summed E-state index contributed by atoms with van der Waals surface area (Å²) in [7, 11) is 0. The first-order chi connectivity index (χ1) is 15.9. The molecule has 1 saturated heterocycles. The van der Waals surface area contributed by atoms with Crippen LogP contribution in [0.4, 0.5) is 0 Å². The molecule has 0 aliphatic carbocycles. The molecule has 6 nitrogen and oxygen atoms in total. The average Bonchev–Trinajstić information content (AvgIpc) is 3.11. The maximum atomic E-state index is 12.1. The summed E-state index contributed by atoms with van der Waals surface area (Å²) < 4.78 is 10.8. The van der Waals surface area contributed by atoms with Crippen LogP contribution in [-0.4, -0.2) is 42.4 Å². The molecule has 3 rings (SSSR count). The van der Waals surface area contributed by atoms with Crippen LogP contribution in [0.2, 0.25) is 10.0 Å². The summed E-state index contributed by atoms with van der Waals surface area (Å²) >= 11 is 12.4. The van der Waals surface area contributed by atoms with Gasteiger partial charge in [0, 0.05) is 17.9 Å². The SMILES string of the molecule is CCOC(=O)CC(CCc1ccc(OCCN2C(=O)CCC2=O)c(Cl)c1)c1ccc(Cl)cc1. The minimum atomic E-state index is -0.228. The molecule has 1 aliphatic heterocycles. The number of carbonyl (C=O) groups excluding carboxylic acids is 3. The second kappa shape index (κ2) is 12.1. The van der Waals surface area contributed by atoms with Crippen LogP contribution in [0.15, 0.2) is 42.5 Å². The van der Waals surface area contributed by atoms with Crippen LogP contribution in [0.25, 0.3) is 0 Å². The first kappa shape index (κ1) is 25.1. The molecule has 0 saturated carbocycles. The summed E-state index contributed by atoms with van der Waals surface area (Å²) in [5.41, 5.74) is 2.05. The van der Waals surface area contributed by atoms with Crippen molar-refractivity contribution in [3.8, 4) is 5.75 Å². The van der Waals surface area contributed by atoms with E-state index in [-0.39, 0.29) is 49.7 Å². The molecule has 2 aromatic carbocycles. The molecular weight excluding hydrogens is 465 g/mol. The number of ether oxygens (including phenoxy) is 2. The van der Waals surface area contributed by atoms with Crippen molar-refractivity contribution in [1.29, 1.82) is 0 Å². The Morgan fingerprint density at radius 1 is 1.06 bits per heavy atom. The van der Waals surface area contributed by atoms with Gasteiger partial charge in [0.2, 0.25) is 11.8 Å². The minimum Gasteiger partial charge on any atom is -0.490 e. The van der Waals surface area contributed by atoms with Gasteiger partial charge in [-0.1, -0.05) is 41.4 Å². The van der Waals surface area contributed by atoms with Gasteiger partial charge in [0.25, 0.3) is 0 Å². The maximum Gasteiger partial charge on any atom is 0.306 e. The Kier molecular flexibility index (Phi) is 9.15. The molecule has 8 heteroatoms. The molecule has 1 atom stereocenters. The fourth-order valence-corrected chi connectivity index (χ4v) is 4.20. The average molecular weight is 492 g/mol. The van der Waals surface area contributed by atoms with Crippen LogP contribution < -0.4 is 4.74 Å². The Labute approximate surface area is 203 Å². The molecule has 33 heavy (non-hydrogen) atoms. The van der Waals surface area contributed by atoms with E-state index in [2.05, 4.69) is 0 Å². The van der Waals surface area contributed by atoms with E-state index in [9.17, 15) is 14.4 Å². The molecule has 2 aromatic rings. The number of halogens is 2. The summed E-state index contributed by atoms with van der Waals surface area (Å²) in [5, 5.41) is 1.11. The number of nitrogens with zero attached hydrogens (tertiary/aromatic N) is 1. The largest absolute Gasteiger partial charge is 0.490 e. The van der Waals surface area contributed by atoms with Gasteiger partial charge in [0.1, 0.15) is 12.4 Å². The summed E-state index contributed by atoms with van der Waals surface area (Å²) in [6.07, 6.45) is 2.26. The number of amides is 2. The lowest BCUT2D eigenvalue weighted by atomic mass is 9.89. The minimum absolute atomic E-state index is 0.00782. The van der Waals surface area contributed by atoms with E-state index in [1.165, 1.54) is 4.90 Å². The van der Waals surface area contributed by atoms with Gasteiger partial charge >= 0.3 is 5.97 Å². The van der Waals surface area contributed by atoms with E-state index in [0.29, 0.717) is 35.2 Å². The monoisotopic (exact) mass is 491 g/mol. The number of benzene rings is 2. The van der Waals surface area contributed by atoms with Crippen molar-refractivity contribution in [1.82, 2.24) is 4.90 Å². The number of likely N-dealkylation sites (tertiary alicyclic amines) is 1. The van der Waals surface area contributed by atoms with Crippen molar-refractivity contribution >= 4 is 41.0 Å². The van der Waals surface area contributed by atoms with E-state index < -0.39 is 0 Å². The number of hydrogen-bond acceptors (Lipinski definition) is 5. The van der Waals surface area contributed by atoms with Crippen molar-refractivity contribution in [3.63, 3.8) is 0 Å². The molecule has 1 fully saturated rings. The Morgan fingerprint density at radius 3 is 2.39 bits per heavy atom. The lowest BCUT2D eigenvalue weighted by molar-refractivity contribution is -0.143. The molecule has 1 aliphatic rings. The molecule has 0 aromatic heterocycles. The van der Waals surface area contributed by atoms with E-state index in [0.717, 1.165) is 17.5 Å². The van der Waals surface area contributed by atoms with E-state index >= 15 is 0 Å². The number of carbonyl (C=O) groups is 3. The zero-order chi connectivity index (χ0) is 23.8. The lowest BCUT2D eigenvalue weighted by Crippen LogP contribution is -2.33. The summed E-state index contributed by atoms with van der Waals surface area (Å²) in [5.74, 6) is -0.0627. The zero-order valence-corrected chi connectivity index (χ0v) is 20.0. The fourth-order valence-electron chi connectivity index (χ4n) is 3.82. The van der Waals surface area contributed by atoms with Crippen molar-refractivity contribution < 1.29 is 23.9 Å². The summed E-state index contributed by atoms with van der Waals surface area (Å²) in [6.45, 7) is 2.55. The van der Waals surface area contributed by atoms with Crippen LogP contribution in [0.1, 0.15) is 49.7 Å². The molecule has 0 N–H and O–H groups in total. The van der Waals surface area contributed by atoms with Gasteiger partial charge in [-0.15, -0.1) is 0 Å². The number of imide groups is 1. The predicted molar refractivity (Wildman–Crippen MR) is 127 cm³/mol. The molecule has 0 spiro atoms. The molecule has 2 amide bonds. The van der Waals surface area contributed by atoms with Gasteiger partial charge in [-0.25, -0.2) is 0 Å². The highest BCUT2D eigenvalue weighted by molar-refractivity contribution is 6.32. The Morgan fingerprint density at radius 2 is 1.76 bits per heavy atom. The quantitative estimate of drug-likeness (QED) is 0.319. The maximum absolute atomic E-state index is 12.1. The van der Waals surface area contributed by atoms with Gasteiger partial charge < -0.3 is 9.47 Å². The molecule has 1 unspecified atom stereocenters. The van der Waals surface area contributed by atoms with Crippen LogP contribution >= 0.6 is 23.2 Å². The number of aryl methyl sites for hydroxylation is 1. The highest BCUT2D eigenvalue weighted by Gasteiger charge is 2.28. The summed E-state index contributed by atoms with van der Waals surface area (Å²) in [4.78, 5) is 36.7. The van der Waals surface area contributed by atoms with Crippen LogP contribution in [0.5, 0.6) is 5.75 Å². The first-order valence-electron chi connectivity index (χ1n) is 11.0. The van der Waals surface area contributed by atoms with Gasteiger partial charge in [-0.2, -0.15) is 0 Å². The lowest BCUT2D eigenvalue weighted by Gasteiger charge is -2.18. The van der Waals surface area contributed by atoms with Gasteiger partial charge in [0.05, 0.1) is 24.6 Å². The third kappa shape index (κ3) is 7.21. The van der Waals surface area contributed by atoms with E-state index in [4.69, 9.17) is 32.7 Å². The van der Waals surface area contributed by atoms with E-state index in [1.807, 2.05) is 36.4 Å². The molecule has 0 radical (unpaired) electrons. The van der Waals surface area contributed by atoms with Crippen molar-refractivity contribution in [2.45, 2.75) is 44.9 Å². The van der Waals surface area contributed by atoms with Crippen LogP contribution in [0.3, 0.4) is 0 Å². The van der Waals surface area contributed by atoms with Crippen LogP contribution in [-0.2, 0) is 25.5 Å². The molecule has 0 bridgehead atoms. The van der Waals surface area contributed by atoms with Crippen molar-refractivity contribution in [3.05, 3.63) is 63.6 Å². The first-order valence-corrected chi connectivity index (χ1v) is 11.8. The highest BCUT2D eigenvalue weighted by Crippen LogP contribution is 2.30. The van der Waals surface area contributed by atoms with Gasteiger partial charge in [-0.05, 0) is 61.1 Å². The normalized spacial score (nSPS) is 14.5. The Bertz CT molecular complexity index is 977. The summed E-state index contributed by atoms with van der Waals surface area (Å²) in [6, 6.07) is 13.1. The van der Waals surface area contributed by atoms with Gasteiger partial charge in [-0.3, -0.25) is 19.3 Å². The molecule has 1 heterocycles. The number of hydrogen-bond donors (Lipinski definition) is 0. The molecular formula is C25H27Cl2NO5. The fraction of sp³-hybridized carbons (Fsp3) is 0.400. The Balaban J connectivity index is 1.58. The predicted octanol–water partition coefficient (Wildman–Crippen LogP) is 5.19. The third-order valence-corrected chi connectivity index (χ3v) is 6.11. The standard InChI is InChI=1S/C25H27Cl2NO5/c1-2-32-25(31)16-19(18-6-8-20(26)9-7-18)5-3-17-4-10-22(21(27)15-17)33-14-13-28-23(29)11-12-24(28)30/h4,6-10,15,19H,2-3,5,11-14,16H2,1H3.